The van der Waals surface area contributed by atoms with E-state index in [0.29, 0.717) is 6.54 Å². The Hall–Kier alpha value is -2.01. The van der Waals surface area contributed by atoms with Crippen molar-refractivity contribution in [3.05, 3.63) is 36.2 Å². The maximum absolute atomic E-state index is 11.1. The van der Waals surface area contributed by atoms with Gasteiger partial charge in [-0.1, -0.05) is 26.0 Å². The molecule has 0 bridgehead atoms. The molecule has 100 valence electrons. The van der Waals surface area contributed by atoms with Crippen molar-refractivity contribution in [2.45, 2.75) is 26.4 Å². The summed E-state index contributed by atoms with van der Waals surface area (Å²) in [5.74, 6) is -0.824. The SMILES string of the molecule is CC(C)C(NCc1cnc2ccccc2n1)C(=O)O. The van der Waals surface area contributed by atoms with Crippen LogP contribution in [-0.2, 0) is 11.3 Å². The van der Waals surface area contributed by atoms with Gasteiger partial charge in [0, 0.05) is 6.54 Å². The lowest BCUT2D eigenvalue weighted by Crippen LogP contribution is -2.40. The summed E-state index contributed by atoms with van der Waals surface area (Å²) in [6, 6.07) is 7.03. The predicted molar refractivity (Wildman–Crippen MR) is 72.6 cm³/mol. The van der Waals surface area contributed by atoms with Crippen molar-refractivity contribution in [1.29, 1.82) is 0 Å². The number of rotatable bonds is 5. The summed E-state index contributed by atoms with van der Waals surface area (Å²) in [5, 5.41) is 12.1. The molecule has 1 atom stereocenters. The quantitative estimate of drug-likeness (QED) is 0.856. The number of aromatic nitrogens is 2. The van der Waals surface area contributed by atoms with Crippen LogP contribution in [0.3, 0.4) is 0 Å². The van der Waals surface area contributed by atoms with Crippen molar-refractivity contribution in [3.63, 3.8) is 0 Å². The van der Waals surface area contributed by atoms with Crippen LogP contribution in [0.1, 0.15) is 19.5 Å². The third kappa shape index (κ3) is 3.26. The Morgan fingerprint density at radius 1 is 1.32 bits per heavy atom. The Labute approximate surface area is 111 Å². The average molecular weight is 259 g/mol. The molecule has 0 spiro atoms. The summed E-state index contributed by atoms with van der Waals surface area (Å²) in [5.41, 5.74) is 2.40. The molecule has 1 unspecified atom stereocenters. The largest absolute Gasteiger partial charge is 0.480 e. The first-order chi connectivity index (χ1) is 9.08. The van der Waals surface area contributed by atoms with Crippen LogP contribution in [-0.4, -0.2) is 27.1 Å². The molecular formula is C14H17N3O2. The fourth-order valence-electron chi connectivity index (χ4n) is 1.90. The molecule has 1 aromatic heterocycles. The van der Waals surface area contributed by atoms with Crippen molar-refractivity contribution in [2.24, 2.45) is 5.92 Å². The van der Waals surface area contributed by atoms with Crippen LogP contribution in [0.5, 0.6) is 0 Å². The van der Waals surface area contributed by atoms with E-state index < -0.39 is 12.0 Å². The minimum absolute atomic E-state index is 0.0194. The second-order valence-corrected chi connectivity index (χ2v) is 4.79. The zero-order valence-corrected chi connectivity index (χ0v) is 11.0. The van der Waals surface area contributed by atoms with E-state index >= 15 is 0 Å². The van der Waals surface area contributed by atoms with Crippen LogP contribution in [0, 0.1) is 5.92 Å². The first-order valence-electron chi connectivity index (χ1n) is 6.25. The van der Waals surface area contributed by atoms with Gasteiger partial charge in [-0.2, -0.15) is 0 Å². The molecule has 1 aromatic carbocycles. The lowest BCUT2D eigenvalue weighted by molar-refractivity contribution is -0.140. The molecule has 5 heteroatoms. The number of nitrogens with one attached hydrogen (secondary N) is 1. The number of hydrogen-bond donors (Lipinski definition) is 2. The molecule has 1 heterocycles. The second kappa shape index (κ2) is 5.75. The van der Waals surface area contributed by atoms with Crippen molar-refractivity contribution in [3.8, 4) is 0 Å². The van der Waals surface area contributed by atoms with Gasteiger partial charge in [0.25, 0.3) is 0 Å². The van der Waals surface area contributed by atoms with Gasteiger partial charge in [-0.15, -0.1) is 0 Å². The highest BCUT2D eigenvalue weighted by molar-refractivity contribution is 5.74. The molecule has 0 saturated carbocycles. The number of carboxylic acids is 1. The van der Waals surface area contributed by atoms with Gasteiger partial charge < -0.3 is 5.11 Å². The van der Waals surface area contributed by atoms with Gasteiger partial charge in [0.05, 0.1) is 22.9 Å². The van der Waals surface area contributed by atoms with Gasteiger partial charge in [-0.3, -0.25) is 15.1 Å². The van der Waals surface area contributed by atoms with E-state index in [4.69, 9.17) is 5.11 Å². The standard InChI is InChI=1S/C14H17N3O2/c1-9(2)13(14(18)19)16-8-10-7-15-11-5-3-4-6-12(11)17-10/h3-7,9,13,16H,8H2,1-2H3,(H,18,19). The molecular weight excluding hydrogens is 242 g/mol. The van der Waals surface area contributed by atoms with Crippen molar-refractivity contribution in [2.75, 3.05) is 0 Å². The van der Waals surface area contributed by atoms with E-state index in [9.17, 15) is 4.79 Å². The molecule has 0 aliphatic carbocycles. The fraction of sp³-hybridized carbons (Fsp3) is 0.357. The number of nitrogens with zero attached hydrogens (tertiary/aromatic N) is 2. The molecule has 0 fully saturated rings. The zero-order valence-electron chi connectivity index (χ0n) is 11.0. The summed E-state index contributed by atoms with van der Waals surface area (Å²) >= 11 is 0. The predicted octanol–water partition coefficient (Wildman–Crippen LogP) is 1.83. The molecule has 0 saturated heterocycles. The Bertz CT molecular complexity index is 584. The van der Waals surface area contributed by atoms with E-state index in [1.54, 1.807) is 6.20 Å². The Morgan fingerprint density at radius 2 is 2.00 bits per heavy atom. The highest BCUT2D eigenvalue weighted by atomic mass is 16.4. The highest BCUT2D eigenvalue weighted by Gasteiger charge is 2.20. The summed E-state index contributed by atoms with van der Waals surface area (Å²) in [6.07, 6.45) is 1.68. The molecule has 19 heavy (non-hydrogen) atoms. The third-order valence-corrected chi connectivity index (χ3v) is 2.93. The number of hydrogen-bond acceptors (Lipinski definition) is 4. The molecule has 0 aliphatic rings. The number of aliphatic carboxylic acids is 1. The van der Waals surface area contributed by atoms with E-state index in [2.05, 4.69) is 15.3 Å². The minimum Gasteiger partial charge on any atom is -0.480 e. The zero-order chi connectivity index (χ0) is 13.8. The molecule has 2 rings (SSSR count). The summed E-state index contributed by atoms with van der Waals surface area (Å²) in [4.78, 5) is 19.8. The smallest absolute Gasteiger partial charge is 0.320 e. The van der Waals surface area contributed by atoms with Crippen molar-refractivity contribution < 1.29 is 9.90 Å². The molecule has 0 amide bonds. The normalized spacial score (nSPS) is 12.8. The molecule has 0 radical (unpaired) electrons. The number of carbonyl (C=O) groups is 1. The van der Waals surface area contributed by atoms with Crippen LogP contribution < -0.4 is 5.32 Å². The van der Waals surface area contributed by atoms with Crippen LogP contribution in [0.2, 0.25) is 0 Å². The Morgan fingerprint density at radius 3 is 2.63 bits per heavy atom. The lowest BCUT2D eigenvalue weighted by Gasteiger charge is -2.17. The fourth-order valence-corrected chi connectivity index (χ4v) is 1.90. The van der Waals surface area contributed by atoms with E-state index in [0.717, 1.165) is 16.7 Å². The third-order valence-electron chi connectivity index (χ3n) is 2.93. The lowest BCUT2D eigenvalue weighted by atomic mass is 10.0. The maximum Gasteiger partial charge on any atom is 0.320 e. The monoisotopic (exact) mass is 259 g/mol. The van der Waals surface area contributed by atoms with Crippen LogP contribution >= 0.6 is 0 Å². The maximum atomic E-state index is 11.1. The van der Waals surface area contributed by atoms with Crippen molar-refractivity contribution >= 4 is 17.0 Å². The molecule has 5 nitrogen and oxygen atoms in total. The minimum atomic E-state index is -0.844. The molecule has 2 aromatic rings. The second-order valence-electron chi connectivity index (χ2n) is 4.79. The number of para-hydroxylation sites is 2. The van der Waals surface area contributed by atoms with Crippen molar-refractivity contribution in [1.82, 2.24) is 15.3 Å². The topological polar surface area (TPSA) is 75.1 Å². The van der Waals surface area contributed by atoms with Crippen LogP contribution in [0.4, 0.5) is 0 Å². The van der Waals surface area contributed by atoms with Crippen LogP contribution in [0.15, 0.2) is 30.5 Å². The van der Waals surface area contributed by atoms with Gasteiger partial charge in [0.1, 0.15) is 6.04 Å². The summed E-state index contributed by atoms with van der Waals surface area (Å²) in [6.45, 7) is 4.14. The van der Waals surface area contributed by atoms with Gasteiger partial charge in [0.15, 0.2) is 0 Å². The van der Waals surface area contributed by atoms with E-state index in [1.165, 1.54) is 0 Å². The Kier molecular flexibility index (Phi) is 4.06. The van der Waals surface area contributed by atoms with Gasteiger partial charge in [0.2, 0.25) is 0 Å². The number of fused-ring (bicyclic) bond motifs is 1. The number of carboxylic acid groups (broad SMARTS) is 1. The van der Waals surface area contributed by atoms with Crippen LogP contribution in [0.25, 0.3) is 11.0 Å². The number of benzene rings is 1. The first-order valence-corrected chi connectivity index (χ1v) is 6.25. The van der Waals surface area contributed by atoms with Gasteiger partial charge in [-0.25, -0.2) is 4.98 Å². The average Bonchev–Trinajstić information content (AvgIpc) is 2.38. The molecule has 2 N–H and O–H groups in total. The molecule has 0 aliphatic heterocycles. The van der Waals surface area contributed by atoms with E-state index in [-0.39, 0.29) is 5.92 Å². The van der Waals surface area contributed by atoms with Gasteiger partial charge >= 0.3 is 5.97 Å². The van der Waals surface area contributed by atoms with E-state index in [1.807, 2.05) is 38.1 Å². The summed E-state index contributed by atoms with van der Waals surface area (Å²) < 4.78 is 0. The van der Waals surface area contributed by atoms with Gasteiger partial charge in [-0.05, 0) is 18.1 Å². The highest BCUT2D eigenvalue weighted by Crippen LogP contribution is 2.09. The Balaban J connectivity index is 2.11. The summed E-state index contributed by atoms with van der Waals surface area (Å²) in [7, 11) is 0. The first kappa shape index (κ1) is 13.4.